The van der Waals surface area contributed by atoms with Crippen molar-refractivity contribution in [2.24, 2.45) is 5.92 Å². The van der Waals surface area contributed by atoms with Crippen LogP contribution >= 0.6 is 0 Å². The van der Waals surface area contributed by atoms with E-state index in [2.05, 4.69) is 0 Å². The Morgan fingerprint density at radius 3 is 2.64 bits per heavy atom. The molecule has 14 heavy (non-hydrogen) atoms. The van der Waals surface area contributed by atoms with Crippen LogP contribution in [0.5, 0.6) is 0 Å². The number of piperidine rings is 1. The van der Waals surface area contributed by atoms with Gasteiger partial charge in [-0.3, -0.25) is 9.59 Å². The summed E-state index contributed by atoms with van der Waals surface area (Å²) in [6, 6.07) is 0. The molecule has 0 aromatic carbocycles. The van der Waals surface area contributed by atoms with Gasteiger partial charge in [0.15, 0.2) is 0 Å². The number of aliphatic hydroxyl groups excluding tert-OH is 1. The van der Waals surface area contributed by atoms with Crippen LogP contribution in [0.3, 0.4) is 0 Å². The normalized spacial score (nSPS) is 27.4. The minimum atomic E-state index is -1.12. The maximum absolute atomic E-state index is 11.3. The van der Waals surface area contributed by atoms with Gasteiger partial charge in [-0.25, -0.2) is 0 Å². The van der Waals surface area contributed by atoms with Crippen LogP contribution in [-0.2, 0) is 9.59 Å². The summed E-state index contributed by atoms with van der Waals surface area (Å²) in [6.45, 7) is 2.72. The zero-order valence-electron chi connectivity index (χ0n) is 8.14. The molecule has 1 amide bonds. The van der Waals surface area contributed by atoms with Gasteiger partial charge in [0.2, 0.25) is 5.91 Å². The number of nitrogens with zero attached hydrogens (tertiary/aromatic N) is 1. The largest absolute Gasteiger partial charge is 0.481 e. The number of amides is 1. The van der Waals surface area contributed by atoms with E-state index in [9.17, 15) is 14.7 Å². The average molecular weight is 201 g/mol. The summed E-state index contributed by atoms with van der Waals surface area (Å²) >= 11 is 0. The highest BCUT2D eigenvalue weighted by molar-refractivity contribution is 5.93. The van der Waals surface area contributed by atoms with Crippen LogP contribution in [0.2, 0.25) is 0 Å². The summed E-state index contributed by atoms with van der Waals surface area (Å²) in [4.78, 5) is 23.0. The Hall–Kier alpha value is -1.10. The van der Waals surface area contributed by atoms with Crippen LogP contribution in [0, 0.1) is 5.92 Å². The van der Waals surface area contributed by atoms with Crippen molar-refractivity contribution < 1.29 is 19.8 Å². The van der Waals surface area contributed by atoms with Crippen LogP contribution in [-0.4, -0.2) is 46.2 Å². The fourth-order valence-corrected chi connectivity index (χ4v) is 1.52. The number of aliphatic carboxylic acids is 1. The van der Waals surface area contributed by atoms with E-state index >= 15 is 0 Å². The summed E-state index contributed by atoms with van der Waals surface area (Å²) in [6.07, 6.45) is -0.283. The van der Waals surface area contributed by atoms with Gasteiger partial charge in [-0.05, 0) is 12.3 Å². The number of hydrogen-bond acceptors (Lipinski definition) is 3. The van der Waals surface area contributed by atoms with Crippen LogP contribution < -0.4 is 0 Å². The Labute approximate surface area is 82.3 Å². The first-order valence-corrected chi connectivity index (χ1v) is 4.68. The maximum Gasteiger partial charge on any atom is 0.312 e. The minimum Gasteiger partial charge on any atom is -0.481 e. The van der Waals surface area contributed by atoms with Gasteiger partial charge in [-0.1, -0.05) is 6.92 Å². The first-order chi connectivity index (χ1) is 6.50. The van der Waals surface area contributed by atoms with E-state index in [0.29, 0.717) is 6.54 Å². The second-order valence-electron chi connectivity index (χ2n) is 3.74. The molecule has 1 heterocycles. The van der Waals surface area contributed by atoms with E-state index in [0.717, 1.165) is 6.42 Å². The molecule has 1 aliphatic heterocycles. The number of hydrogen-bond donors (Lipinski definition) is 2. The van der Waals surface area contributed by atoms with Gasteiger partial charge in [0.05, 0.1) is 6.10 Å². The predicted octanol–water partition coefficient (Wildman–Crippen LogP) is -0.310. The third kappa shape index (κ3) is 2.70. The van der Waals surface area contributed by atoms with Gasteiger partial charge >= 0.3 is 5.97 Å². The topological polar surface area (TPSA) is 77.8 Å². The minimum absolute atomic E-state index is 0.184. The molecule has 2 atom stereocenters. The third-order valence-electron chi connectivity index (χ3n) is 2.57. The first-order valence-electron chi connectivity index (χ1n) is 4.68. The van der Waals surface area contributed by atoms with Crippen molar-refractivity contribution in [3.8, 4) is 0 Å². The molecule has 0 saturated carbocycles. The lowest BCUT2D eigenvalue weighted by molar-refractivity contribution is -0.146. The highest BCUT2D eigenvalue weighted by atomic mass is 16.4. The van der Waals surface area contributed by atoms with E-state index in [-0.39, 0.29) is 12.5 Å². The summed E-state index contributed by atoms with van der Waals surface area (Å²) in [5.41, 5.74) is 0. The summed E-state index contributed by atoms with van der Waals surface area (Å²) < 4.78 is 0. The first kappa shape index (κ1) is 11.0. The number of aliphatic hydroxyl groups is 1. The summed E-state index contributed by atoms with van der Waals surface area (Å²) in [7, 11) is 0. The molecule has 0 aliphatic carbocycles. The quantitative estimate of drug-likeness (QED) is 0.601. The molecule has 0 spiro atoms. The molecule has 1 saturated heterocycles. The van der Waals surface area contributed by atoms with Crippen molar-refractivity contribution in [2.75, 3.05) is 13.1 Å². The second kappa shape index (κ2) is 4.41. The highest BCUT2D eigenvalue weighted by Crippen LogP contribution is 2.17. The molecule has 1 aliphatic rings. The zero-order chi connectivity index (χ0) is 10.7. The molecule has 80 valence electrons. The SMILES string of the molecule is CC1CCN(C(=O)CC(=O)O)CC1O. The van der Waals surface area contributed by atoms with Crippen LogP contribution in [0.25, 0.3) is 0 Å². The van der Waals surface area contributed by atoms with Crippen molar-refractivity contribution in [3.05, 3.63) is 0 Å². The summed E-state index contributed by atoms with van der Waals surface area (Å²) in [5.74, 6) is -1.35. The number of carboxylic acids is 1. The molecule has 5 nitrogen and oxygen atoms in total. The van der Waals surface area contributed by atoms with Crippen LogP contribution in [0.1, 0.15) is 19.8 Å². The number of rotatable bonds is 2. The number of carboxylic acid groups (broad SMARTS) is 1. The van der Waals surface area contributed by atoms with E-state index in [1.165, 1.54) is 4.90 Å². The van der Waals surface area contributed by atoms with Gasteiger partial charge in [-0.2, -0.15) is 0 Å². The Kier molecular flexibility index (Phi) is 3.46. The van der Waals surface area contributed by atoms with Gasteiger partial charge in [0.25, 0.3) is 0 Å². The number of carbonyl (C=O) groups excluding carboxylic acids is 1. The predicted molar refractivity (Wildman–Crippen MR) is 48.6 cm³/mol. The molecule has 0 aromatic heterocycles. The van der Waals surface area contributed by atoms with Crippen molar-refractivity contribution in [1.29, 1.82) is 0 Å². The Bertz CT molecular complexity index is 241. The van der Waals surface area contributed by atoms with E-state index < -0.39 is 24.4 Å². The molecule has 1 rings (SSSR count). The third-order valence-corrected chi connectivity index (χ3v) is 2.57. The molecule has 2 unspecified atom stereocenters. The van der Waals surface area contributed by atoms with Crippen LogP contribution in [0.15, 0.2) is 0 Å². The smallest absolute Gasteiger partial charge is 0.312 e. The molecule has 0 radical (unpaired) electrons. The molecular weight excluding hydrogens is 186 g/mol. The molecule has 2 N–H and O–H groups in total. The lowest BCUT2D eigenvalue weighted by Crippen LogP contribution is -2.46. The van der Waals surface area contributed by atoms with Crippen LogP contribution in [0.4, 0.5) is 0 Å². The van der Waals surface area contributed by atoms with Crippen molar-refractivity contribution in [3.63, 3.8) is 0 Å². The standard InChI is InChI=1S/C9H15NO4/c1-6-2-3-10(5-7(6)11)8(12)4-9(13)14/h6-7,11H,2-5H2,1H3,(H,13,14). The zero-order valence-corrected chi connectivity index (χ0v) is 8.14. The Balaban J connectivity index is 2.46. The van der Waals surface area contributed by atoms with Gasteiger partial charge in [-0.15, -0.1) is 0 Å². The molecule has 5 heteroatoms. The van der Waals surface area contributed by atoms with Crippen molar-refractivity contribution in [2.45, 2.75) is 25.9 Å². The van der Waals surface area contributed by atoms with Crippen molar-refractivity contribution >= 4 is 11.9 Å². The van der Waals surface area contributed by atoms with E-state index in [1.807, 2.05) is 6.92 Å². The number of likely N-dealkylation sites (tertiary alicyclic amines) is 1. The number of β-amino-alcohol motifs (C(OH)–C–C–N with tert-alkyl or cyclic N) is 1. The molecule has 0 aromatic rings. The second-order valence-corrected chi connectivity index (χ2v) is 3.74. The average Bonchev–Trinajstić information content (AvgIpc) is 2.08. The number of carbonyl (C=O) groups is 2. The van der Waals surface area contributed by atoms with Crippen molar-refractivity contribution in [1.82, 2.24) is 4.90 Å². The molecule has 1 fully saturated rings. The molecular formula is C9H15NO4. The van der Waals surface area contributed by atoms with Gasteiger partial charge in [0.1, 0.15) is 6.42 Å². The highest BCUT2D eigenvalue weighted by Gasteiger charge is 2.27. The lowest BCUT2D eigenvalue weighted by atomic mass is 9.96. The summed E-state index contributed by atoms with van der Waals surface area (Å²) in [5, 5.41) is 17.9. The fourth-order valence-electron chi connectivity index (χ4n) is 1.52. The maximum atomic E-state index is 11.3. The Morgan fingerprint density at radius 1 is 1.50 bits per heavy atom. The van der Waals surface area contributed by atoms with Gasteiger partial charge in [0, 0.05) is 13.1 Å². The monoisotopic (exact) mass is 201 g/mol. The molecule has 0 bridgehead atoms. The van der Waals surface area contributed by atoms with E-state index in [1.54, 1.807) is 0 Å². The van der Waals surface area contributed by atoms with E-state index in [4.69, 9.17) is 5.11 Å². The Morgan fingerprint density at radius 2 is 2.14 bits per heavy atom. The fraction of sp³-hybridized carbons (Fsp3) is 0.778. The van der Waals surface area contributed by atoms with Gasteiger partial charge < -0.3 is 15.1 Å². The lowest BCUT2D eigenvalue weighted by Gasteiger charge is -2.34.